The van der Waals surface area contributed by atoms with Crippen LogP contribution in [0, 0.1) is 0 Å². The molecule has 0 aromatic heterocycles. The van der Waals surface area contributed by atoms with E-state index < -0.39 is 132 Å². The van der Waals surface area contributed by atoms with E-state index in [0.717, 1.165) is 11.1 Å². The predicted octanol–water partition coefficient (Wildman–Crippen LogP) is -0.0177. The number of benzene rings is 2. The summed E-state index contributed by atoms with van der Waals surface area (Å²) in [6.07, 6.45) is -5.14. The van der Waals surface area contributed by atoms with Gasteiger partial charge in [-0.2, -0.15) is 0 Å². The van der Waals surface area contributed by atoms with Gasteiger partial charge in [0.2, 0.25) is 29.5 Å². The maximum atomic E-state index is 14.8. The van der Waals surface area contributed by atoms with Crippen LogP contribution in [0.2, 0.25) is 0 Å². The first-order valence-corrected chi connectivity index (χ1v) is 23.2. The lowest BCUT2D eigenvalue weighted by Crippen LogP contribution is -2.60. The number of nitrogens with zero attached hydrogens (tertiary/aromatic N) is 2. The summed E-state index contributed by atoms with van der Waals surface area (Å²) in [5, 5.41) is 6.54. The molecule has 21 heteroatoms. The molecule has 0 aliphatic carbocycles. The van der Waals surface area contributed by atoms with E-state index in [1.165, 1.54) is 40.4 Å². The summed E-state index contributed by atoms with van der Waals surface area (Å²) >= 11 is 2.65. The third-order valence-electron chi connectivity index (χ3n) is 11.9. The first kappa shape index (κ1) is 46.2. The molecule has 8 rings (SSSR count). The topological polar surface area (TPSA) is 236 Å². The summed E-state index contributed by atoms with van der Waals surface area (Å²) in [5.41, 5.74) is 8.33. The molecule has 6 aliphatic heterocycles. The van der Waals surface area contributed by atoms with Crippen molar-refractivity contribution < 1.29 is 61.9 Å². The quantitative estimate of drug-likeness (QED) is 0.193. The predicted molar refractivity (Wildman–Crippen MR) is 229 cm³/mol. The number of carbonyl (C=O) groups is 6. The van der Waals surface area contributed by atoms with Crippen molar-refractivity contribution >= 4 is 59.0 Å². The molecule has 6 heterocycles. The first-order chi connectivity index (χ1) is 30.6. The molecule has 0 unspecified atom stereocenters. The fraction of sp³-hybridized carbons (Fsp3) is 0.581. The van der Waals surface area contributed by atoms with Gasteiger partial charge in [0.15, 0.2) is 11.6 Å². The van der Waals surface area contributed by atoms with Crippen molar-refractivity contribution in [3.63, 3.8) is 0 Å². The summed E-state index contributed by atoms with van der Waals surface area (Å²) in [6, 6.07) is 14.2. The monoisotopic (exact) mass is 926 g/mol. The van der Waals surface area contributed by atoms with Crippen LogP contribution < -0.4 is 21.7 Å². The number of methoxy groups -OCH3 is 1. The third kappa shape index (κ3) is 9.50. The van der Waals surface area contributed by atoms with Crippen LogP contribution in [0.25, 0.3) is 0 Å². The maximum absolute atomic E-state index is 14.8. The summed E-state index contributed by atoms with van der Waals surface area (Å²) in [4.78, 5) is 85.3. The van der Waals surface area contributed by atoms with Crippen LogP contribution in [0.3, 0.4) is 0 Å². The Balaban J connectivity index is 0.999. The van der Waals surface area contributed by atoms with Gasteiger partial charge in [-0.1, -0.05) is 60.7 Å². The van der Waals surface area contributed by atoms with Crippen LogP contribution >= 0.6 is 23.5 Å². The highest BCUT2D eigenvalue weighted by Gasteiger charge is 2.62. The average Bonchev–Trinajstić information content (AvgIpc) is 4.05. The summed E-state index contributed by atoms with van der Waals surface area (Å²) in [5.74, 6) is -5.73. The largest absolute Gasteiger partial charge is 0.468 e. The van der Waals surface area contributed by atoms with E-state index in [1.54, 1.807) is 27.7 Å². The molecule has 6 aliphatic rings. The highest BCUT2D eigenvalue weighted by Crippen LogP contribution is 2.45. The van der Waals surface area contributed by atoms with E-state index in [2.05, 4.69) is 20.7 Å². The van der Waals surface area contributed by atoms with E-state index in [4.69, 9.17) is 34.2 Å². The van der Waals surface area contributed by atoms with E-state index in [0.29, 0.717) is 0 Å². The summed E-state index contributed by atoms with van der Waals surface area (Å²) < 4.78 is 42.9. The molecule has 0 saturated carbocycles. The summed E-state index contributed by atoms with van der Waals surface area (Å²) in [7, 11) is 1.19. The van der Waals surface area contributed by atoms with Crippen LogP contribution in [-0.4, -0.2) is 160 Å². The molecule has 5 amide bonds. The Hall–Kier alpha value is -4.32. The smallest absolute Gasteiger partial charge is 0.325 e. The van der Waals surface area contributed by atoms with Crippen molar-refractivity contribution in [1.82, 2.24) is 25.8 Å². The van der Waals surface area contributed by atoms with Gasteiger partial charge >= 0.3 is 5.97 Å². The Morgan fingerprint density at radius 1 is 0.688 bits per heavy atom. The molecular formula is C43H54N6O13S2. The van der Waals surface area contributed by atoms with Gasteiger partial charge in [-0.25, -0.2) is 0 Å². The number of rotatable bonds is 13. The van der Waals surface area contributed by atoms with Crippen LogP contribution in [0.15, 0.2) is 60.7 Å². The maximum Gasteiger partial charge on any atom is 0.325 e. The van der Waals surface area contributed by atoms with E-state index >= 15 is 0 Å². The number of amides is 5. The SMILES string of the molecule is COC(=O)CNC(=O)[C@@H]1CS[C@H]2[C@@H](OCc3ccccc3)[C@H]3OC(C)(C)O[C@@H]3[C@@H](NC(=O)CNC(=O)[C@@H]3CS[C@H]4[C@@H](OCc5ccccc5)[C@H]5OC(C)(C)O[C@@H]5[C@@H](N)C(=O)N34)C(=O)N12. The number of esters is 1. The molecule has 0 spiro atoms. The normalized spacial score (nSPS) is 33.5. The fourth-order valence-electron chi connectivity index (χ4n) is 9.03. The van der Waals surface area contributed by atoms with Crippen molar-refractivity contribution in [3.05, 3.63) is 71.8 Å². The molecular weight excluding hydrogens is 873 g/mol. The molecule has 346 valence electrons. The molecule has 19 nitrogen and oxygen atoms in total. The zero-order valence-corrected chi connectivity index (χ0v) is 37.7. The van der Waals surface area contributed by atoms with Crippen molar-refractivity contribution in [2.24, 2.45) is 5.73 Å². The molecule has 0 bridgehead atoms. The zero-order valence-electron chi connectivity index (χ0n) is 36.0. The molecule has 5 N–H and O–H groups in total. The second-order valence-electron chi connectivity index (χ2n) is 17.2. The fourth-order valence-corrected chi connectivity index (χ4v) is 12.1. The number of thioether (sulfide) groups is 2. The summed E-state index contributed by atoms with van der Waals surface area (Å²) in [6.45, 7) is 6.21. The Bertz CT molecular complexity index is 2090. The number of nitrogens with two attached hydrogens (primary N) is 1. The third-order valence-corrected chi connectivity index (χ3v) is 14.6. The number of hydrogen-bond donors (Lipinski definition) is 4. The zero-order chi connectivity index (χ0) is 45.5. The lowest BCUT2D eigenvalue weighted by molar-refractivity contribution is -0.173. The minimum atomic E-state index is -1.40. The molecule has 6 fully saturated rings. The van der Waals surface area contributed by atoms with Gasteiger partial charge in [-0.05, 0) is 38.8 Å². The molecule has 6 saturated heterocycles. The van der Waals surface area contributed by atoms with E-state index in [-0.39, 0.29) is 24.7 Å². The number of nitrogens with one attached hydrogen (secondary N) is 3. The molecule has 0 radical (unpaired) electrons. The number of carbonyl (C=O) groups excluding carboxylic acids is 6. The van der Waals surface area contributed by atoms with E-state index in [9.17, 15) is 28.8 Å². The van der Waals surface area contributed by atoms with Gasteiger partial charge in [-0.3, -0.25) is 28.8 Å². The van der Waals surface area contributed by atoms with Gasteiger partial charge in [0, 0.05) is 11.5 Å². The van der Waals surface area contributed by atoms with Crippen LogP contribution in [0.1, 0.15) is 38.8 Å². The Morgan fingerprint density at radius 2 is 1.14 bits per heavy atom. The van der Waals surface area contributed by atoms with Gasteiger partial charge in [0.25, 0.3) is 0 Å². The molecule has 12 atom stereocenters. The van der Waals surface area contributed by atoms with Crippen LogP contribution in [0.4, 0.5) is 0 Å². The Kier molecular flexibility index (Phi) is 13.6. The van der Waals surface area contributed by atoms with Crippen LogP contribution in [0.5, 0.6) is 0 Å². The molecule has 64 heavy (non-hydrogen) atoms. The number of hydrogen-bond acceptors (Lipinski definition) is 16. The Morgan fingerprint density at radius 3 is 1.66 bits per heavy atom. The highest BCUT2D eigenvalue weighted by molar-refractivity contribution is 8.00. The number of fused-ring (bicyclic) bond motifs is 4. The van der Waals surface area contributed by atoms with Gasteiger partial charge in [0.1, 0.15) is 78.1 Å². The molecule has 2 aromatic rings. The van der Waals surface area contributed by atoms with Crippen molar-refractivity contribution in [1.29, 1.82) is 0 Å². The molecule has 2 aromatic carbocycles. The second-order valence-corrected chi connectivity index (χ2v) is 19.5. The highest BCUT2D eigenvalue weighted by atomic mass is 32.2. The Labute approximate surface area is 378 Å². The average molecular weight is 927 g/mol. The van der Waals surface area contributed by atoms with Gasteiger partial charge in [-0.15, -0.1) is 23.5 Å². The van der Waals surface area contributed by atoms with E-state index in [1.807, 2.05) is 60.7 Å². The van der Waals surface area contributed by atoms with Gasteiger partial charge < -0.3 is 64.6 Å². The first-order valence-electron chi connectivity index (χ1n) is 21.1. The minimum absolute atomic E-state index is 0.143. The van der Waals surface area contributed by atoms with Crippen molar-refractivity contribution in [3.8, 4) is 0 Å². The van der Waals surface area contributed by atoms with Crippen molar-refractivity contribution in [2.75, 3.05) is 31.7 Å². The van der Waals surface area contributed by atoms with Crippen molar-refractivity contribution in [2.45, 2.75) is 124 Å². The second kappa shape index (κ2) is 18.9. The van der Waals surface area contributed by atoms with Crippen LogP contribution in [-0.2, 0) is 75.1 Å². The standard InChI is InChI=1S/C43H54N6O13S2/c1-42(2)59-30-28(44)38(54)48-24(20-63-40(48)34(32(30)61-42)57-18-22-12-8-6-9-13-22)36(52)45-16-26(50)47-29-31-33(62-43(3,4)60-31)35(58-19-23-14-10-7-11-15-23)41-49(39(29)55)25(21-64-41)37(53)46-17-27(51)56-5/h6-15,24-25,28-35,40-41H,16-21,44H2,1-5H3,(H,45,52)(H,46,53)(H,47,50)/t24-,25-,28+,29+,30+,31+,32-,33-,34-,35-,40-,41-/m0/s1. The number of ether oxygens (including phenoxy) is 7. The lowest BCUT2D eigenvalue weighted by Gasteiger charge is -2.34. The lowest BCUT2D eigenvalue weighted by atomic mass is 10.0. The minimum Gasteiger partial charge on any atom is -0.468 e. The van der Waals surface area contributed by atoms with Gasteiger partial charge in [0.05, 0.1) is 26.9 Å².